The number of urea groups is 1. The molecule has 0 spiro atoms. The molecule has 0 fully saturated rings. The summed E-state index contributed by atoms with van der Waals surface area (Å²) >= 11 is 2.84. The Morgan fingerprint density at radius 1 is 1.26 bits per heavy atom. The van der Waals surface area contributed by atoms with Gasteiger partial charge >= 0.3 is 6.03 Å². The highest BCUT2D eigenvalue weighted by Crippen LogP contribution is 2.23. The monoisotopic (exact) mass is 404 g/mol. The second-order valence-corrected chi connectivity index (χ2v) is 7.60. The molecule has 3 rings (SSSR count). The van der Waals surface area contributed by atoms with Gasteiger partial charge in [-0.1, -0.05) is 30.0 Å². The lowest BCUT2D eigenvalue weighted by atomic mass is 10.3. The Labute approximate surface area is 165 Å². The molecule has 0 bridgehead atoms. The minimum Gasteiger partial charge on any atom is -0.383 e. The number of ether oxygens (including phenoxy) is 1. The van der Waals surface area contributed by atoms with E-state index in [4.69, 9.17) is 4.74 Å². The second kappa shape index (κ2) is 9.54. The molecule has 142 valence electrons. The Morgan fingerprint density at radius 3 is 2.89 bits per heavy atom. The second-order valence-electron chi connectivity index (χ2n) is 5.63. The first-order chi connectivity index (χ1) is 13.2. The number of carbonyl (C=O) groups excluding carboxylic acids is 2. The molecule has 2 heterocycles. The van der Waals surface area contributed by atoms with Gasteiger partial charge in [0.2, 0.25) is 5.91 Å². The highest BCUT2D eigenvalue weighted by molar-refractivity contribution is 7.99. The van der Waals surface area contributed by atoms with E-state index in [-0.39, 0.29) is 11.7 Å². The number of thioether (sulfide) groups is 1. The maximum absolute atomic E-state index is 12.1. The minimum absolute atomic E-state index is 0.0999. The molecule has 0 aliphatic rings. The van der Waals surface area contributed by atoms with Crippen molar-refractivity contribution in [1.29, 1.82) is 0 Å². The van der Waals surface area contributed by atoms with Crippen LogP contribution in [0.1, 0.15) is 4.88 Å². The largest absolute Gasteiger partial charge is 0.383 e. The molecule has 0 saturated carbocycles. The quantitative estimate of drug-likeness (QED) is 0.564. The van der Waals surface area contributed by atoms with Crippen molar-refractivity contribution >= 4 is 46.1 Å². The summed E-state index contributed by atoms with van der Waals surface area (Å²) in [5, 5.41) is 7.67. The summed E-state index contributed by atoms with van der Waals surface area (Å²) < 4.78 is 7.19. The van der Waals surface area contributed by atoms with Crippen LogP contribution in [0.4, 0.5) is 4.79 Å². The number of carbonyl (C=O) groups is 2. The van der Waals surface area contributed by atoms with Crippen LogP contribution in [0.25, 0.3) is 11.0 Å². The molecule has 9 heteroatoms. The highest BCUT2D eigenvalue weighted by Gasteiger charge is 2.14. The molecular weight excluding hydrogens is 384 g/mol. The Hall–Kier alpha value is -2.36. The Balaban J connectivity index is 1.55. The number of imidazole rings is 1. The van der Waals surface area contributed by atoms with Crippen LogP contribution >= 0.6 is 23.1 Å². The lowest BCUT2D eigenvalue weighted by Gasteiger charge is -2.08. The van der Waals surface area contributed by atoms with Crippen molar-refractivity contribution in [1.82, 2.24) is 20.2 Å². The zero-order valence-corrected chi connectivity index (χ0v) is 16.4. The van der Waals surface area contributed by atoms with E-state index >= 15 is 0 Å². The van der Waals surface area contributed by atoms with E-state index in [1.807, 2.05) is 46.3 Å². The van der Waals surface area contributed by atoms with Gasteiger partial charge < -0.3 is 14.6 Å². The molecule has 1 aromatic carbocycles. The number of thiophene rings is 1. The Kier molecular flexibility index (Phi) is 6.86. The molecule has 0 aliphatic carbocycles. The van der Waals surface area contributed by atoms with Gasteiger partial charge in [0.1, 0.15) is 0 Å². The third-order valence-corrected chi connectivity index (χ3v) is 5.58. The molecule has 0 atom stereocenters. The standard InChI is InChI=1S/C18H20N4O3S2/c1-25-9-8-22-15-7-3-2-6-14(15)20-18(22)27-12-16(23)21-17(24)19-11-13-5-4-10-26-13/h2-7,10H,8-9,11-12H2,1H3,(H2,19,21,23,24). The number of aromatic nitrogens is 2. The third kappa shape index (κ3) is 5.31. The molecule has 27 heavy (non-hydrogen) atoms. The van der Waals surface area contributed by atoms with E-state index < -0.39 is 6.03 Å². The van der Waals surface area contributed by atoms with E-state index in [0.29, 0.717) is 19.7 Å². The van der Waals surface area contributed by atoms with Crippen LogP contribution in [0.2, 0.25) is 0 Å². The Bertz CT molecular complexity index is 909. The van der Waals surface area contributed by atoms with Crippen molar-refractivity contribution in [2.45, 2.75) is 18.2 Å². The summed E-state index contributed by atoms with van der Waals surface area (Å²) in [5.41, 5.74) is 1.86. The van der Waals surface area contributed by atoms with Crippen molar-refractivity contribution in [2.24, 2.45) is 0 Å². The number of hydrogen-bond donors (Lipinski definition) is 2. The summed E-state index contributed by atoms with van der Waals surface area (Å²) in [6.45, 7) is 1.59. The van der Waals surface area contributed by atoms with Crippen molar-refractivity contribution in [3.05, 3.63) is 46.7 Å². The van der Waals surface area contributed by atoms with E-state index in [0.717, 1.165) is 21.1 Å². The Morgan fingerprint density at radius 2 is 2.11 bits per heavy atom. The van der Waals surface area contributed by atoms with E-state index in [1.54, 1.807) is 18.4 Å². The average molecular weight is 405 g/mol. The molecule has 0 saturated heterocycles. The summed E-state index contributed by atoms with van der Waals surface area (Å²) in [5.74, 6) is -0.267. The summed E-state index contributed by atoms with van der Waals surface area (Å²) in [6.07, 6.45) is 0. The number of para-hydroxylation sites is 2. The van der Waals surface area contributed by atoms with Crippen LogP contribution in [-0.4, -0.2) is 41.0 Å². The molecule has 7 nitrogen and oxygen atoms in total. The maximum Gasteiger partial charge on any atom is 0.321 e. The summed E-state index contributed by atoms with van der Waals surface area (Å²) in [7, 11) is 1.65. The molecule has 0 unspecified atom stereocenters. The van der Waals surface area contributed by atoms with E-state index in [1.165, 1.54) is 11.8 Å². The third-order valence-electron chi connectivity index (χ3n) is 3.73. The van der Waals surface area contributed by atoms with Gasteiger partial charge in [0.15, 0.2) is 5.16 Å². The minimum atomic E-state index is -0.498. The van der Waals surface area contributed by atoms with Crippen LogP contribution in [-0.2, 0) is 22.6 Å². The lowest BCUT2D eigenvalue weighted by Crippen LogP contribution is -2.39. The number of hydrogen-bond acceptors (Lipinski definition) is 6. The van der Waals surface area contributed by atoms with Gasteiger partial charge in [0.25, 0.3) is 0 Å². The number of imide groups is 1. The molecule has 3 amide bonds. The zero-order chi connectivity index (χ0) is 19.1. The normalized spacial score (nSPS) is 10.9. The SMILES string of the molecule is COCCn1c(SCC(=O)NC(=O)NCc2cccs2)nc2ccccc21. The highest BCUT2D eigenvalue weighted by atomic mass is 32.2. The zero-order valence-electron chi connectivity index (χ0n) is 14.8. The summed E-state index contributed by atoms with van der Waals surface area (Å²) in [4.78, 5) is 29.5. The summed E-state index contributed by atoms with van der Waals surface area (Å²) in [6, 6.07) is 11.1. The van der Waals surface area contributed by atoms with Crippen molar-refractivity contribution < 1.29 is 14.3 Å². The number of nitrogens with zero attached hydrogens (tertiary/aromatic N) is 2. The first-order valence-corrected chi connectivity index (χ1v) is 10.2. The molecule has 0 aliphatic heterocycles. The number of nitrogens with one attached hydrogen (secondary N) is 2. The van der Waals surface area contributed by atoms with E-state index in [9.17, 15) is 9.59 Å². The molecular formula is C18H20N4O3S2. The predicted molar refractivity (Wildman–Crippen MR) is 107 cm³/mol. The molecule has 0 radical (unpaired) electrons. The fourth-order valence-electron chi connectivity index (χ4n) is 2.48. The lowest BCUT2D eigenvalue weighted by molar-refractivity contribution is -0.117. The van der Waals surface area contributed by atoms with Gasteiger partial charge in [-0.15, -0.1) is 11.3 Å². The molecule has 2 N–H and O–H groups in total. The maximum atomic E-state index is 12.1. The van der Waals surface area contributed by atoms with Gasteiger partial charge in [-0.2, -0.15) is 0 Å². The fraction of sp³-hybridized carbons (Fsp3) is 0.278. The topological polar surface area (TPSA) is 85.2 Å². The number of benzene rings is 1. The number of rotatable bonds is 8. The van der Waals surface area contributed by atoms with Crippen LogP contribution in [0, 0.1) is 0 Å². The van der Waals surface area contributed by atoms with Gasteiger partial charge in [-0.25, -0.2) is 9.78 Å². The van der Waals surface area contributed by atoms with Gasteiger partial charge in [0.05, 0.1) is 29.9 Å². The van der Waals surface area contributed by atoms with E-state index in [2.05, 4.69) is 15.6 Å². The fourth-order valence-corrected chi connectivity index (χ4v) is 3.97. The van der Waals surface area contributed by atoms with Crippen LogP contribution in [0.15, 0.2) is 46.9 Å². The van der Waals surface area contributed by atoms with Gasteiger partial charge in [-0.3, -0.25) is 10.1 Å². The van der Waals surface area contributed by atoms with Crippen LogP contribution < -0.4 is 10.6 Å². The van der Waals surface area contributed by atoms with Crippen LogP contribution in [0.5, 0.6) is 0 Å². The van der Waals surface area contributed by atoms with Crippen molar-refractivity contribution in [3.63, 3.8) is 0 Å². The van der Waals surface area contributed by atoms with Crippen molar-refractivity contribution in [2.75, 3.05) is 19.5 Å². The van der Waals surface area contributed by atoms with Crippen LogP contribution in [0.3, 0.4) is 0 Å². The first kappa shape index (κ1) is 19.4. The number of methoxy groups -OCH3 is 1. The van der Waals surface area contributed by atoms with Gasteiger partial charge in [-0.05, 0) is 23.6 Å². The van der Waals surface area contributed by atoms with Crippen molar-refractivity contribution in [3.8, 4) is 0 Å². The number of fused-ring (bicyclic) bond motifs is 1. The smallest absolute Gasteiger partial charge is 0.321 e. The number of amides is 3. The van der Waals surface area contributed by atoms with Gasteiger partial charge in [0, 0.05) is 18.5 Å². The first-order valence-electron chi connectivity index (χ1n) is 8.34. The average Bonchev–Trinajstić information content (AvgIpc) is 3.30. The predicted octanol–water partition coefficient (Wildman–Crippen LogP) is 2.86. The molecule has 2 aromatic heterocycles. The molecule has 3 aromatic rings.